The maximum atomic E-state index is 14.4. The smallest absolute Gasteiger partial charge is 0.226 e. The van der Waals surface area contributed by atoms with Crippen molar-refractivity contribution < 1.29 is 39.2 Å². The first-order chi connectivity index (χ1) is 12.7. The predicted molar refractivity (Wildman–Crippen MR) is 82.0 cm³/mol. The minimum absolute atomic E-state index is 0.0384. The van der Waals surface area contributed by atoms with Crippen molar-refractivity contribution in [3.63, 3.8) is 0 Å². The largest absolute Gasteiger partial charge is 0.416 e. The summed E-state index contributed by atoms with van der Waals surface area (Å²) in [4.78, 5) is 0. The molecule has 1 unspecified atom stereocenters. The first-order valence-corrected chi connectivity index (χ1v) is 9.00. The van der Waals surface area contributed by atoms with Crippen LogP contribution in [-0.4, -0.2) is 24.0 Å². The first kappa shape index (κ1) is 22.3. The SMILES string of the molecule is N#Cc1nn(-c2c(F)cc(C(F)(F)F)cc2Cl)c(C(F)S(=O)(=O)C(F)F)c1Cl. The van der Waals surface area contributed by atoms with Crippen molar-refractivity contribution in [2.24, 2.45) is 0 Å². The molecule has 1 heterocycles. The molecule has 152 valence electrons. The molecule has 0 saturated carbocycles. The summed E-state index contributed by atoms with van der Waals surface area (Å²) < 4.78 is 115. The van der Waals surface area contributed by atoms with Crippen LogP contribution < -0.4 is 0 Å². The third-order valence-corrected chi connectivity index (χ3v) is 5.23. The van der Waals surface area contributed by atoms with Crippen molar-refractivity contribution in [3.8, 4) is 11.8 Å². The quantitative estimate of drug-likeness (QED) is 0.601. The van der Waals surface area contributed by atoms with Gasteiger partial charge in [-0.15, -0.1) is 0 Å². The lowest BCUT2D eigenvalue weighted by atomic mass is 10.2. The Morgan fingerprint density at radius 1 is 1.18 bits per heavy atom. The van der Waals surface area contributed by atoms with E-state index in [4.69, 9.17) is 28.5 Å². The van der Waals surface area contributed by atoms with Crippen LogP contribution in [0.4, 0.5) is 30.7 Å². The van der Waals surface area contributed by atoms with Crippen LogP contribution in [-0.2, 0) is 16.0 Å². The van der Waals surface area contributed by atoms with Crippen molar-refractivity contribution in [1.29, 1.82) is 5.26 Å². The Balaban J connectivity index is 2.84. The van der Waals surface area contributed by atoms with E-state index >= 15 is 0 Å². The number of halogens is 9. The van der Waals surface area contributed by atoms with Crippen LogP contribution in [0, 0.1) is 17.1 Å². The van der Waals surface area contributed by atoms with E-state index in [0.717, 1.165) is 0 Å². The second kappa shape index (κ2) is 7.41. The summed E-state index contributed by atoms with van der Waals surface area (Å²) >= 11 is 11.2. The molecule has 0 aliphatic carbocycles. The van der Waals surface area contributed by atoms with Gasteiger partial charge in [-0.3, -0.25) is 0 Å². The molecule has 0 amide bonds. The summed E-state index contributed by atoms with van der Waals surface area (Å²) in [6.45, 7) is 0. The highest BCUT2D eigenvalue weighted by atomic mass is 35.5. The molecule has 0 N–H and O–H groups in total. The molecule has 1 atom stereocenters. The van der Waals surface area contributed by atoms with E-state index < -0.39 is 65.8 Å². The monoisotopic (exact) mass is 469 g/mol. The van der Waals surface area contributed by atoms with Gasteiger partial charge >= 0.3 is 11.9 Å². The summed E-state index contributed by atoms with van der Waals surface area (Å²) in [6, 6.07) is 1.42. The molecule has 1 aromatic heterocycles. The van der Waals surface area contributed by atoms with Gasteiger partial charge in [0, 0.05) is 0 Å². The van der Waals surface area contributed by atoms with Crippen LogP contribution in [0.3, 0.4) is 0 Å². The van der Waals surface area contributed by atoms with Crippen molar-refractivity contribution in [2.45, 2.75) is 17.4 Å². The number of benzene rings is 1. The number of nitriles is 1. The Kier molecular flexibility index (Phi) is 5.89. The van der Waals surface area contributed by atoms with Gasteiger partial charge in [0.1, 0.15) is 22.5 Å². The highest BCUT2D eigenvalue weighted by Crippen LogP contribution is 2.40. The molecular formula is C13H4Cl2F7N3O2S. The molecule has 0 radical (unpaired) electrons. The zero-order valence-electron chi connectivity index (χ0n) is 12.8. The van der Waals surface area contributed by atoms with Gasteiger partial charge in [-0.2, -0.15) is 32.3 Å². The Hall–Kier alpha value is -2.04. The molecule has 0 saturated heterocycles. The van der Waals surface area contributed by atoms with E-state index in [1.54, 1.807) is 0 Å². The van der Waals surface area contributed by atoms with Crippen LogP contribution in [0.5, 0.6) is 0 Å². The fourth-order valence-corrected chi connectivity index (χ4v) is 3.35. The lowest BCUT2D eigenvalue weighted by molar-refractivity contribution is -0.137. The van der Waals surface area contributed by atoms with Crippen LogP contribution >= 0.6 is 23.2 Å². The summed E-state index contributed by atoms with van der Waals surface area (Å²) in [5.41, 5.74) is -8.58. The summed E-state index contributed by atoms with van der Waals surface area (Å²) in [7, 11) is -5.84. The zero-order chi connectivity index (χ0) is 21.6. The Bertz CT molecular complexity index is 1050. The highest BCUT2D eigenvalue weighted by molar-refractivity contribution is 7.91. The number of hydrogen-bond donors (Lipinski definition) is 0. The van der Waals surface area contributed by atoms with E-state index in [2.05, 4.69) is 5.10 Å². The van der Waals surface area contributed by atoms with Crippen molar-refractivity contribution in [1.82, 2.24) is 9.78 Å². The number of sulfone groups is 1. The molecule has 5 nitrogen and oxygen atoms in total. The number of rotatable bonds is 4. The second-order valence-corrected chi connectivity index (χ2v) is 7.76. The summed E-state index contributed by atoms with van der Waals surface area (Å²) in [5.74, 6) is -5.98. The van der Waals surface area contributed by atoms with E-state index in [-0.39, 0.29) is 16.8 Å². The number of hydrogen-bond acceptors (Lipinski definition) is 4. The van der Waals surface area contributed by atoms with Gasteiger partial charge in [0.05, 0.1) is 10.6 Å². The average molecular weight is 470 g/mol. The number of alkyl halides is 6. The molecule has 28 heavy (non-hydrogen) atoms. The van der Waals surface area contributed by atoms with Crippen molar-refractivity contribution in [3.05, 3.63) is 44.9 Å². The van der Waals surface area contributed by atoms with Gasteiger partial charge in [-0.1, -0.05) is 23.2 Å². The summed E-state index contributed by atoms with van der Waals surface area (Å²) in [6.07, 6.45) is -5.02. The summed E-state index contributed by atoms with van der Waals surface area (Å²) in [5, 5.41) is 10.1. The minimum Gasteiger partial charge on any atom is -0.226 e. The van der Waals surface area contributed by atoms with Gasteiger partial charge in [0.15, 0.2) is 11.5 Å². The molecule has 2 aromatic rings. The molecule has 0 aliphatic heterocycles. The van der Waals surface area contributed by atoms with Gasteiger partial charge in [0.2, 0.25) is 15.3 Å². The topological polar surface area (TPSA) is 75.8 Å². The standard InChI is InChI=1S/C13H4Cl2F7N3O2S/c14-5-1-4(13(20,21)22)2-6(16)9(5)25-10(8(15)7(3-23)24-25)11(17)28(26,27)12(18)19/h1-2,11-12H. The van der Waals surface area contributed by atoms with Crippen molar-refractivity contribution >= 4 is 33.0 Å². The molecule has 0 bridgehead atoms. The maximum Gasteiger partial charge on any atom is 0.416 e. The third-order valence-electron chi connectivity index (χ3n) is 3.27. The van der Waals surface area contributed by atoms with Crippen molar-refractivity contribution in [2.75, 3.05) is 0 Å². The van der Waals surface area contributed by atoms with Crippen LogP contribution in [0.25, 0.3) is 5.69 Å². The number of aromatic nitrogens is 2. The molecule has 0 fully saturated rings. The molecular weight excluding hydrogens is 466 g/mol. The minimum atomic E-state index is -5.84. The first-order valence-electron chi connectivity index (χ1n) is 6.63. The van der Waals surface area contributed by atoms with Gasteiger partial charge in [0.25, 0.3) is 0 Å². The Morgan fingerprint density at radius 3 is 2.18 bits per heavy atom. The van der Waals surface area contributed by atoms with Crippen LogP contribution in [0.15, 0.2) is 12.1 Å². The molecule has 0 spiro atoms. The molecule has 2 rings (SSSR count). The maximum absolute atomic E-state index is 14.4. The van der Waals surface area contributed by atoms with E-state index in [1.165, 1.54) is 6.07 Å². The van der Waals surface area contributed by atoms with E-state index in [9.17, 15) is 39.2 Å². The molecule has 15 heteroatoms. The second-order valence-electron chi connectivity index (χ2n) is 5.02. The number of nitrogens with zero attached hydrogens (tertiary/aromatic N) is 3. The van der Waals surface area contributed by atoms with Gasteiger partial charge in [-0.05, 0) is 12.1 Å². The predicted octanol–water partition coefficient (Wildman–Crippen LogP) is 4.81. The highest BCUT2D eigenvalue weighted by Gasteiger charge is 2.42. The normalized spacial score (nSPS) is 13.6. The van der Waals surface area contributed by atoms with Gasteiger partial charge < -0.3 is 0 Å². The zero-order valence-corrected chi connectivity index (χ0v) is 15.1. The average Bonchev–Trinajstić information content (AvgIpc) is 2.88. The lowest BCUT2D eigenvalue weighted by Gasteiger charge is -2.15. The lowest BCUT2D eigenvalue weighted by Crippen LogP contribution is -2.20. The van der Waals surface area contributed by atoms with Crippen LogP contribution in [0.2, 0.25) is 10.0 Å². The van der Waals surface area contributed by atoms with E-state index in [1.807, 2.05) is 0 Å². The Labute approximate surface area is 161 Å². The third kappa shape index (κ3) is 3.76. The molecule has 1 aromatic carbocycles. The van der Waals surface area contributed by atoms with E-state index in [0.29, 0.717) is 0 Å². The Morgan fingerprint density at radius 2 is 1.75 bits per heavy atom. The fourth-order valence-electron chi connectivity index (χ4n) is 2.03. The fraction of sp³-hybridized carbons (Fsp3) is 0.231. The van der Waals surface area contributed by atoms with Gasteiger partial charge in [-0.25, -0.2) is 21.9 Å². The molecule has 0 aliphatic rings. The van der Waals surface area contributed by atoms with Crippen LogP contribution in [0.1, 0.15) is 22.5 Å².